The number of nitrogens with zero attached hydrogens (tertiary/aromatic N) is 2. The fraction of sp³-hybridized carbons (Fsp3) is 0.409. The Bertz CT molecular complexity index is 854. The number of benzene rings is 2. The van der Waals surface area contributed by atoms with Crippen LogP contribution in [0.4, 0.5) is 14.5 Å². The van der Waals surface area contributed by atoms with Crippen LogP contribution in [0.1, 0.15) is 12.0 Å². The van der Waals surface area contributed by atoms with Gasteiger partial charge in [-0.1, -0.05) is 30.3 Å². The third-order valence-electron chi connectivity index (χ3n) is 5.05. The number of methoxy groups -OCH3 is 1. The van der Waals surface area contributed by atoms with Crippen LogP contribution in [-0.4, -0.2) is 52.4 Å². The minimum atomic E-state index is -2.84. The van der Waals surface area contributed by atoms with E-state index >= 15 is 0 Å². The first-order valence-electron chi connectivity index (χ1n) is 9.98. The summed E-state index contributed by atoms with van der Waals surface area (Å²) in [5.41, 5.74) is 1.81. The van der Waals surface area contributed by atoms with Gasteiger partial charge in [0, 0.05) is 32.7 Å². The van der Waals surface area contributed by atoms with Crippen molar-refractivity contribution in [3.05, 3.63) is 54.1 Å². The van der Waals surface area contributed by atoms with Crippen molar-refractivity contribution in [2.24, 2.45) is 4.99 Å². The number of hydrogen-bond donors (Lipinski definition) is 2. The summed E-state index contributed by atoms with van der Waals surface area (Å²) in [7, 11) is 3.40. The Morgan fingerprint density at radius 1 is 1.16 bits per heavy atom. The molecule has 1 unspecified atom stereocenters. The van der Waals surface area contributed by atoms with E-state index in [1.165, 1.54) is 0 Å². The van der Waals surface area contributed by atoms with E-state index in [4.69, 9.17) is 4.74 Å². The average molecular weight is 546 g/mol. The lowest BCUT2D eigenvalue weighted by Gasteiger charge is -2.22. The van der Waals surface area contributed by atoms with E-state index in [-0.39, 0.29) is 35.8 Å². The van der Waals surface area contributed by atoms with Gasteiger partial charge in [0.1, 0.15) is 11.5 Å². The van der Waals surface area contributed by atoms with E-state index in [1.807, 2.05) is 30.3 Å². The van der Waals surface area contributed by atoms with Crippen LogP contribution in [-0.2, 0) is 6.42 Å². The third kappa shape index (κ3) is 7.12. The summed E-state index contributed by atoms with van der Waals surface area (Å²) in [4.78, 5) is 6.35. The van der Waals surface area contributed by atoms with E-state index in [9.17, 15) is 8.78 Å². The number of aliphatic imine (C=N–C) groups is 1. The van der Waals surface area contributed by atoms with Gasteiger partial charge in [0.15, 0.2) is 5.96 Å². The maximum Gasteiger partial charge on any atom is 0.387 e. The largest absolute Gasteiger partial charge is 0.496 e. The van der Waals surface area contributed by atoms with Crippen molar-refractivity contribution in [2.75, 3.05) is 38.7 Å². The molecule has 1 aliphatic heterocycles. The molecule has 0 saturated carbocycles. The van der Waals surface area contributed by atoms with E-state index in [2.05, 4.69) is 25.3 Å². The van der Waals surface area contributed by atoms with Gasteiger partial charge in [-0.25, -0.2) is 0 Å². The van der Waals surface area contributed by atoms with Gasteiger partial charge in [-0.2, -0.15) is 8.78 Å². The van der Waals surface area contributed by atoms with Crippen LogP contribution in [0, 0.1) is 0 Å². The number of alkyl halides is 2. The summed E-state index contributed by atoms with van der Waals surface area (Å²) in [5, 5.41) is 6.75. The zero-order valence-corrected chi connectivity index (χ0v) is 20.0. The Labute approximate surface area is 199 Å². The van der Waals surface area contributed by atoms with Gasteiger partial charge in [-0.3, -0.25) is 4.99 Å². The first-order chi connectivity index (χ1) is 14.6. The van der Waals surface area contributed by atoms with Gasteiger partial charge < -0.3 is 25.0 Å². The van der Waals surface area contributed by atoms with Crippen molar-refractivity contribution in [1.29, 1.82) is 0 Å². The lowest BCUT2D eigenvalue weighted by molar-refractivity contribution is -0.0495. The molecule has 170 valence electrons. The molecule has 3 rings (SSSR count). The van der Waals surface area contributed by atoms with E-state index in [0.29, 0.717) is 24.7 Å². The molecule has 1 aliphatic rings. The summed E-state index contributed by atoms with van der Waals surface area (Å²) in [6, 6.07) is 15.0. The second kappa shape index (κ2) is 12.5. The number of para-hydroxylation sites is 3. The average Bonchev–Trinajstić information content (AvgIpc) is 3.21. The molecule has 1 atom stereocenters. The maximum absolute atomic E-state index is 12.7. The fourth-order valence-electron chi connectivity index (χ4n) is 3.62. The predicted octanol–water partition coefficient (Wildman–Crippen LogP) is 3.90. The number of halogens is 3. The fourth-order valence-corrected chi connectivity index (χ4v) is 3.62. The number of hydrogen-bond acceptors (Lipinski definition) is 4. The molecule has 0 spiro atoms. The molecule has 2 aromatic rings. The van der Waals surface area contributed by atoms with E-state index in [1.54, 1.807) is 32.4 Å². The lowest BCUT2D eigenvalue weighted by atomic mass is 10.1. The Morgan fingerprint density at radius 3 is 2.58 bits per heavy atom. The zero-order valence-electron chi connectivity index (χ0n) is 17.7. The molecular weight excluding hydrogens is 517 g/mol. The van der Waals surface area contributed by atoms with Crippen LogP contribution < -0.4 is 25.0 Å². The summed E-state index contributed by atoms with van der Waals surface area (Å²) in [6.45, 7) is -0.702. The Morgan fingerprint density at radius 2 is 1.87 bits per heavy atom. The van der Waals surface area contributed by atoms with Crippen LogP contribution in [0.25, 0.3) is 0 Å². The maximum atomic E-state index is 12.7. The summed E-state index contributed by atoms with van der Waals surface area (Å²) < 4.78 is 35.4. The third-order valence-corrected chi connectivity index (χ3v) is 5.05. The molecule has 0 aliphatic carbocycles. The summed E-state index contributed by atoms with van der Waals surface area (Å²) in [6.07, 6.45) is 1.68. The first kappa shape index (κ1) is 25.0. The summed E-state index contributed by atoms with van der Waals surface area (Å²) >= 11 is 0. The highest BCUT2D eigenvalue weighted by Crippen LogP contribution is 2.31. The highest BCUT2D eigenvalue weighted by atomic mass is 127. The highest BCUT2D eigenvalue weighted by Gasteiger charge is 2.26. The van der Waals surface area contributed by atoms with Crippen molar-refractivity contribution >= 4 is 35.6 Å². The van der Waals surface area contributed by atoms with Gasteiger partial charge in [-0.05, 0) is 36.6 Å². The molecule has 31 heavy (non-hydrogen) atoms. The SMILES string of the molecule is CN=C(NCCc1ccccc1OC)NC1CCN(c2ccccc2OC(F)F)C1.I. The molecule has 1 fully saturated rings. The molecule has 0 radical (unpaired) electrons. The Balaban J connectivity index is 0.00000341. The molecule has 2 N–H and O–H groups in total. The molecular formula is C22H29F2IN4O2. The molecule has 6 nitrogen and oxygen atoms in total. The van der Waals surface area contributed by atoms with Crippen molar-refractivity contribution in [3.63, 3.8) is 0 Å². The molecule has 0 amide bonds. The minimum Gasteiger partial charge on any atom is -0.496 e. The Kier molecular flexibility index (Phi) is 10.1. The van der Waals surface area contributed by atoms with Crippen molar-refractivity contribution < 1.29 is 18.3 Å². The Hall–Kier alpha value is -2.30. The van der Waals surface area contributed by atoms with Crippen molar-refractivity contribution in [2.45, 2.75) is 25.5 Å². The topological polar surface area (TPSA) is 58.1 Å². The molecule has 1 saturated heterocycles. The lowest BCUT2D eigenvalue weighted by Crippen LogP contribution is -2.45. The molecule has 0 aromatic heterocycles. The van der Waals surface area contributed by atoms with Crippen LogP contribution in [0.2, 0.25) is 0 Å². The van der Waals surface area contributed by atoms with Crippen molar-refractivity contribution in [3.8, 4) is 11.5 Å². The van der Waals surface area contributed by atoms with Crippen LogP contribution in [0.3, 0.4) is 0 Å². The number of rotatable bonds is 8. The number of guanidine groups is 1. The standard InChI is InChI=1S/C22H28F2N4O2.HI/c1-25-22(26-13-11-16-7-3-5-9-19(16)29-2)27-17-12-14-28(15-17)18-8-4-6-10-20(18)30-21(23)24;/h3-10,17,21H,11-15H2,1-2H3,(H2,25,26,27);1H. The minimum absolute atomic E-state index is 0. The van der Waals surface area contributed by atoms with Crippen LogP contribution in [0.15, 0.2) is 53.5 Å². The monoisotopic (exact) mass is 546 g/mol. The molecule has 2 aromatic carbocycles. The number of ether oxygens (including phenoxy) is 2. The summed E-state index contributed by atoms with van der Waals surface area (Å²) in [5.74, 6) is 1.79. The smallest absolute Gasteiger partial charge is 0.387 e. The predicted molar refractivity (Wildman–Crippen MR) is 130 cm³/mol. The van der Waals surface area contributed by atoms with Gasteiger partial charge in [0.25, 0.3) is 0 Å². The van der Waals surface area contributed by atoms with Gasteiger partial charge in [-0.15, -0.1) is 24.0 Å². The van der Waals surface area contributed by atoms with Crippen molar-refractivity contribution in [1.82, 2.24) is 10.6 Å². The zero-order chi connectivity index (χ0) is 21.3. The van der Waals surface area contributed by atoms with Crippen LogP contribution in [0.5, 0.6) is 11.5 Å². The first-order valence-corrected chi connectivity index (χ1v) is 9.98. The number of nitrogens with one attached hydrogen (secondary N) is 2. The number of anilines is 1. The van der Waals surface area contributed by atoms with Gasteiger partial charge in [0.2, 0.25) is 0 Å². The van der Waals surface area contributed by atoms with Crippen LogP contribution >= 0.6 is 24.0 Å². The molecule has 9 heteroatoms. The van der Waals surface area contributed by atoms with E-state index in [0.717, 1.165) is 30.7 Å². The highest BCUT2D eigenvalue weighted by molar-refractivity contribution is 14.0. The molecule has 0 bridgehead atoms. The van der Waals surface area contributed by atoms with Gasteiger partial charge in [0.05, 0.1) is 12.8 Å². The normalized spacial score (nSPS) is 16.1. The second-order valence-corrected chi connectivity index (χ2v) is 6.98. The second-order valence-electron chi connectivity index (χ2n) is 6.98. The molecule has 1 heterocycles. The van der Waals surface area contributed by atoms with E-state index < -0.39 is 6.61 Å². The van der Waals surface area contributed by atoms with Gasteiger partial charge >= 0.3 is 6.61 Å². The quantitative estimate of drug-likeness (QED) is 0.299.